The largest absolute Gasteiger partial charge is 0.469 e. The van der Waals surface area contributed by atoms with E-state index in [1.54, 1.807) is 34.6 Å². The van der Waals surface area contributed by atoms with Gasteiger partial charge in [0.15, 0.2) is 18.2 Å². The third kappa shape index (κ3) is 7.04. The van der Waals surface area contributed by atoms with Crippen LogP contribution in [0.15, 0.2) is 0 Å². The summed E-state index contributed by atoms with van der Waals surface area (Å²) < 4.78 is 39.3. The summed E-state index contributed by atoms with van der Waals surface area (Å²) in [7, 11) is 2.76. The zero-order valence-corrected chi connectivity index (χ0v) is 21.5. The Bertz CT molecular complexity index is 783. The zero-order valence-electron chi connectivity index (χ0n) is 21.5. The summed E-state index contributed by atoms with van der Waals surface area (Å²) >= 11 is 0. The Labute approximate surface area is 205 Å². The summed E-state index contributed by atoms with van der Waals surface area (Å²) in [6.45, 7) is 9.15. The van der Waals surface area contributed by atoms with Crippen LogP contribution >= 0.6 is 0 Å². The molecule has 35 heavy (non-hydrogen) atoms. The molecule has 0 aromatic heterocycles. The van der Waals surface area contributed by atoms with E-state index in [0.29, 0.717) is 19.4 Å². The Hall–Kier alpha value is -1.99. The van der Waals surface area contributed by atoms with Gasteiger partial charge in [0.05, 0.1) is 25.6 Å². The highest BCUT2D eigenvalue weighted by Crippen LogP contribution is 2.40. The van der Waals surface area contributed by atoms with Crippen molar-refractivity contribution in [3.63, 3.8) is 0 Å². The summed E-state index contributed by atoms with van der Waals surface area (Å²) in [6, 6.07) is -1.43. The maximum atomic E-state index is 13.3. The summed E-state index contributed by atoms with van der Waals surface area (Å²) in [6.07, 6.45) is -3.22. The molecule has 3 rings (SSSR count). The van der Waals surface area contributed by atoms with Gasteiger partial charge in [-0.05, 0) is 47.5 Å². The molecule has 3 saturated heterocycles. The molecule has 12 heteroatoms. The van der Waals surface area contributed by atoms with Crippen molar-refractivity contribution in [3.8, 4) is 0 Å². The predicted octanol–water partition coefficient (Wildman–Crippen LogP) is 0.998. The Morgan fingerprint density at radius 2 is 1.86 bits per heavy atom. The molecule has 7 atom stereocenters. The molecule has 3 fully saturated rings. The number of hydrogen-bond donors (Lipinski definition) is 2. The first kappa shape index (κ1) is 27.6. The van der Waals surface area contributed by atoms with Crippen LogP contribution in [0.2, 0.25) is 0 Å². The Morgan fingerprint density at radius 3 is 2.49 bits per heavy atom. The molecule has 2 amide bonds. The van der Waals surface area contributed by atoms with Gasteiger partial charge in [0.1, 0.15) is 23.9 Å². The van der Waals surface area contributed by atoms with Crippen molar-refractivity contribution in [3.05, 3.63) is 0 Å². The Balaban J connectivity index is 1.73. The normalized spacial score (nSPS) is 32.9. The molecule has 0 bridgehead atoms. The van der Waals surface area contributed by atoms with Gasteiger partial charge in [0.25, 0.3) is 5.91 Å². The number of amides is 2. The van der Waals surface area contributed by atoms with Gasteiger partial charge in [0.2, 0.25) is 0 Å². The van der Waals surface area contributed by atoms with Crippen LogP contribution in [0.5, 0.6) is 0 Å². The number of methoxy groups -OCH3 is 2. The van der Waals surface area contributed by atoms with Crippen LogP contribution in [0.25, 0.3) is 0 Å². The number of carbonyl (C=O) groups excluding carboxylic acids is 3. The van der Waals surface area contributed by atoms with Gasteiger partial charge in [-0.3, -0.25) is 9.59 Å². The molecule has 0 aromatic carbocycles. The van der Waals surface area contributed by atoms with E-state index in [2.05, 4.69) is 10.6 Å². The smallest absolute Gasteiger partial charge is 0.407 e. The van der Waals surface area contributed by atoms with E-state index in [1.807, 2.05) is 0 Å². The quantitative estimate of drug-likeness (QED) is 0.485. The number of rotatable bonds is 7. The lowest BCUT2D eigenvalue weighted by Gasteiger charge is -2.35. The van der Waals surface area contributed by atoms with Crippen molar-refractivity contribution in [1.82, 2.24) is 10.6 Å². The van der Waals surface area contributed by atoms with Gasteiger partial charge in [-0.2, -0.15) is 0 Å². The monoisotopic (exact) mass is 502 g/mol. The molecule has 0 radical (unpaired) electrons. The maximum Gasteiger partial charge on any atom is 0.407 e. The second-order valence-electron chi connectivity index (χ2n) is 10.4. The number of fused-ring (bicyclic) bond motifs is 1. The highest BCUT2D eigenvalue weighted by molar-refractivity contribution is 5.83. The average Bonchev–Trinajstić information content (AvgIpc) is 3.23. The highest BCUT2D eigenvalue weighted by Gasteiger charge is 2.57. The van der Waals surface area contributed by atoms with E-state index in [9.17, 15) is 14.4 Å². The van der Waals surface area contributed by atoms with Crippen LogP contribution in [-0.2, 0) is 42.7 Å². The van der Waals surface area contributed by atoms with E-state index in [-0.39, 0.29) is 6.42 Å². The number of carbonyl (C=O) groups is 3. The fourth-order valence-electron chi connectivity index (χ4n) is 4.52. The van der Waals surface area contributed by atoms with Gasteiger partial charge in [-0.25, -0.2) is 4.79 Å². The fourth-order valence-corrected chi connectivity index (χ4v) is 4.52. The molecule has 200 valence electrons. The first-order valence-electron chi connectivity index (χ1n) is 11.9. The number of ether oxygens (including phenoxy) is 7. The molecule has 0 saturated carbocycles. The van der Waals surface area contributed by atoms with Crippen LogP contribution < -0.4 is 10.6 Å². The maximum absolute atomic E-state index is 13.3. The number of esters is 1. The van der Waals surface area contributed by atoms with Crippen LogP contribution in [0, 0.1) is 0 Å². The van der Waals surface area contributed by atoms with Gasteiger partial charge < -0.3 is 43.8 Å². The van der Waals surface area contributed by atoms with Crippen LogP contribution in [-0.4, -0.2) is 93.0 Å². The SMILES string of the molecule is COC(=O)C[C@H](NC(=O)[C@H]1OCCC[C@@H]1NC(=O)OC(C)(C)C)[C@H]1O[C@@H]2OC(C)(C)O[C@@H]2[C@H]1OC. The van der Waals surface area contributed by atoms with Gasteiger partial charge in [-0.15, -0.1) is 0 Å². The second-order valence-corrected chi connectivity index (χ2v) is 10.4. The van der Waals surface area contributed by atoms with E-state index in [4.69, 9.17) is 33.2 Å². The standard InChI is InChI=1S/C23H38N2O10/c1-22(2,3)35-21(28)25-12-9-8-10-31-16(12)19(27)24-13(11-14(26)29-6)15-17(30-7)18-20(32-15)34-23(4,5)33-18/h12-13,15-18,20H,8-11H2,1-7H3,(H,24,27)(H,25,28)/t12-,13-,15+,16-,17-,18+,20+/m0/s1. The van der Waals surface area contributed by atoms with Crippen molar-refractivity contribution in [2.24, 2.45) is 0 Å². The fraction of sp³-hybridized carbons (Fsp3) is 0.870. The number of nitrogens with one attached hydrogen (secondary N) is 2. The lowest BCUT2D eigenvalue weighted by Crippen LogP contribution is -2.59. The molecule has 0 aliphatic carbocycles. The number of alkyl carbamates (subject to hydrolysis) is 1. The summed E-state index contributed by atoms with van der Waals surface area (Å²) in [5.74, 6) is -1.90. The summed E-state index contributed by atoms with van der Waals surface area (Å²) in [5, 5.41) is 5.57. The topological polar surface area (TPSA) is 140 Å². The molecule has 0 spiro atoms. The minimum absolute atomic E-state index is 0.174. The molecule has 0 unspecified atom stereocenters. The summed E-state index contributed by atoms with van der Waals surface area (Å²) in [5.41, 5.74) is -0.686. The van der Waals surface area contributed by atoms with E-state index in [1.165, 1.54) is 14.2 Å². The number of hydrogen-bond acceptors (Lipinski definition) is 10. The minimum atomic E-state index is -0.982. The third-order valence-corrected chi connectivity index (χ3v) is 5.92. The molecule has 2 N–H and O–H groups in total. The first-order valence-corrected chi connectivity index (χ1v) is 11.9. The van der Waals surface area contributed by atoms with E-state index in [0.717, 1.165) is 0 Å². The van der Waals surface area contributed by atoms with Crippen LogP contribution in [0.4, 0.5) is 4.79 Å². The molecule has 12 nitrogen and oxygen atoms in total. The van der Waals surface area contributed by atoms with Crippen molar-refractivity contribution < 1.29 is 47.5 Å². The Morgan fingerprint density at radius 1 is 1.14 bits per heavy atom. The molecule has 3 aliphatic heterocycles. The zero-order chi connectivity index (χ0) is 26.0. The van der Waals surface area contributed by atoms with Crippen molar-refractivity contribution in [1.29, 1.82) is 0 Å². The Kier molecular flexibility index (Phi) is 8.64. The van der Waals surface area contributed by atoms with E-state index >= 15 is 0 Å². The molecule has 3 heterocycles. The third-order valence-electron chi connectivity index (χ3n) is 5.92. The molecule has 0 aromatic rings. The van der Waals surface area contributed by atoms with Crippen molar-refractivity contribution >= 4 is 18.0 Å². The van der Waals surface area contributed by atoms with Crippen LogP contribution in [0.3, 0.4) is 0 Å². The average molecular weight is 503 g/mol. The van der Waals surface area contributed by atoms with Crippen molar-refractivity contribution in [2.75, 3.05) is 20.8 Å². The lowest BCUT2D eigenvalue weighted by atomic mass is 9.98. The lowest BCUT2D eigenvalue weighted by molar-refractivity contribution is -0.220. The minimum Gasteiger partial charge on any atom is -0.469 e. The molecular formula is C23H38N2O10. The van der Waals surface area contributed by atoms with Gasteiger partial charge in [0, 0.05) is 13.7 Å². The first-order chi connectivity index (χ1) is 16.3. The second kappa shape index (κ2) is 11.0. The highest BCUT2D eigenvalue weighted by atomic mass is 16.8. The molecular weight excluding hydrogens is 464 g/mol. The summed E-state index contributed by atoms with van der Waals surface area (Å²) in [4.78, 5) is 37.8. The van der Waals surface area contributed by atoms with Gasteiger partial charge >= 0.3 is 12.1 Å². The van der Waals surface area contributed by atoms with Crippen LogP contribution in [0.1, 0.15) is 53.9 Å². The van der Waals surface area contributed by atoms with Gasteiger partial charge in [-0.1, -0.05) is 0 Å². The van der Waals surface area contributed by atoms with E-state index < -0.39 is 72.1 Å². The predicted molar refractivity (Wildman–Crippen MR) is 120 cm³/mol. The molecule has 3 aliphatic rings. The van der Waals surface area contributed by atoms with Crippen molar-refractivity contribution in [2.45, 2.75) is 108 Å².